The van der Waals surface area contributed by atoms with Crippen LogP contribution in [0.4, 0.5) is 14.4 Å². The number of imidazole rings is 2. The molecule has 0 spiro atoms. The summed E-state index contributed by atoms with van der Waals surface area (Å²) >= 11 is 18.8. The first-order chi connectivity index (χ1) is 51.9. The van der Waals surface area contributed by atoms with E-state index in [0.29, 0.717) is 74.0 Å². The number of aromatic nitrogens is 10. The van der Waals surface area contributed by atoms with E-state index in [-0.39, 0.29) is 37.4 Å². The first-order valence-corrected chi connectivity index (χ1v) is 36.5. The molecule has 0 fully saturated rings. The van der Waals surface area contributed by atoms with Crippen molar-refractivity contribution in [1.82, 2.24) is 63.5 Å². The lowest BCUT2D eigenvalue weighted by Gasteiger charge is -2.35. The SMILES string of the molecule is C#CCOC(=O)N1CCc2c([nH]c3ccc(Cl)cc23)C1c1ccc(OCCCn2ccnc2)cc1.CC#CCOC(=O)N1CCc2c([nH]c3ccc(Cl)cc23)C1c1ccc(OCCCn2cncn2)cc1.CCCOC(=O)N1CCc2c([nH]c3ccc(Cl)cc23)C1c1ccc(OCCCn2ccnc2)cc1. The number of terminal acetylenes is 1. The fourth-order valence-corrected chi connectivity index (χ4v) is 14.4. The lowest BCUT2D eigenvalue weighted by atomic mass is 9.92. The Morgan fingerprint density at radius 1 is 0.500 bits per heavy atom. The predicted octanol–water partition coefficient (Wildman–Crippen LogP) is 16.2. The number of hydrogen-bond donors (Lipinski definition) is 3. The van der Waals surface area contributed by atoms with E-state index in [1.807, 2.05) is 167 Å². The summed E-state index contributed by atoms with van der Waals surface area (Å²) in [6.45, 7) is 9.95. The second-order valence-electron chi connectivity index (χ2n) is 25.6. The summed E-state index contributed by atoms with van der Waals surface area (Å²) in [6.07, 6.45) is 23.9. The number of halogens is 3. The van der Waals surface area contributed by atoms with Gasteiger partial charge in [-0.15, -0.1) is 12.3 Å². The molecule has 3 amide bonds. The third-order valence-electron chi connectivity index (χ3n) is 18.8. The van der Waals surface area contributed by atoms with Crippen LogP contribution in [0.2, 0.25) is 15.1 Å². The summed E-state index contributed by atoms with van der Waals surface area (Å²) in [5.41, 5.74) is 12.4. The Morgan fingerprint density at radius 3 is 1.25 bits per heavy atom. The van der Waals surface area contributed by atoms with Gasteiger partial charge in [-0.2, -0.15) is 5.10 Å². The molecule has 3 N–H and O–H groups in total. The minimum absolute atomic E-state index is 0.0646. The zero-order chi connectivity index (χ0) is 73.3. The molecule has 12 aromatic rings. The largest absolute Gasteiger partial charge is 0.494 e. The Labute approximate surface area is 628 Å². The smallest absolute Gasteiger partial charge is 0.411 e. The highest BCUT2D eigenvalue weighted by Gasteiger charge is 2.39. The lowest BCUT2D eigenvalue weighted by molar-refractivity contribution is 0.0888. The van der Waals surface area contributed by atoms with E-state index in [4.69, 9.17) is 69.6 Å². The van der Waals surface area contributed by atoms with Crippen molar-refractivity contribution < 1.29 is 42.8 Å². The van der Waals surface area contributed by atoms with Crippen molar-refractivity contribution in [2.75, 3.05) is 59.3 Å². The van der Waals surface area contributed by atoms with Gasteiger partial charge < -0.3 is 52.5 Å². The minimum Gasteiger partial charge on any atom is -0.494 e. The third kappa shape index (κ3) is 17.4. The van der Waals surface area contributed by atoms with Crippen molar-refractivity contribution in [1.29, 1.82) is 0 Å². The minimum atomic E-state index is -0.435. The van der Waals surface area contributed by atoms with Gasteiger partial charge in [0.15, 0.2) is 13.2 Å². The van der Waals surface area contributed by atoms with Crippen molar-refractivity contribution in [3.63, 3.8) is 0 Å². The van der Waals surface area contributed by atoms with Gasteiger partial charge in [-0.25, -0.2) is 29.3 Å². The number of rotatable bonds is 22. The fourth-order valence-electron chi connectivity index (χ4n) is 13.8. The van der Waals surface area contributed by atoms with E-state index in [0.717, 1.165) is 141 Å². The number of amides is 3. The molecule has 3 atom stereocenters. The molecule has 0 radical (unpaired) electrons. The zero-order valence-corrected chi connectivity index (χ0v) is 61.0. The molecule has 9 heterocycles. The molecule has 0 aliphatic carbocycles. The molecule has 0 saturated heterocycles. The standard InChI is InChI=1S/C27H26ClN5O3.C27H29ClN4O3.C27H25ClN4O3/c1-2-3-14-36-27(34)33-13-11-22-23-16-20(28)7-10-24(23)31-25(22)26(33)19-5-8-21(9-6-19)35-15-4-12-32-18-29-17-30-32;2*1-2-15-35-27(33)32-13-10-22-23-17-20(28)6-9-24(23)30-25(22)26(32)19-4-7-21(8-5-19)34-16-3-12-31-14-11-29-18-31/h5-10,16-18,26,31H,4,11-15H2,1H3;4-9,11,14,17-18,26,30H,2-3,10,12-13,15-16H2,1H3;1,4-9,11,14,17-18,26,30H,3,10,12-13,15-16H2. The molecular weight excluding hydrogens is 1410 g/mol. The van der Waals surface area contributed by atoms with Crippen molar-refractivity contribution in [3.8, 4) is 41.4 Å². The maximum Gasteiger partial charge on any atom is 0.411 e. The number of ether oxygens (including phenoxy) is 6. The van der Waals surface area contributed by atoms with Crippen LogP contribution in [-0.2, 0) is 53.1 Å². The second kappa shape index (κ2) is 35.0. The third-order valence-corrected chi connectivity index (χ3v) is 19.5. The number of H-pyrrole nitrogens is 3. The van der Waals surface area contributed by atoms with Crippen LogP contribution in [0.25, 0.3) is 32.7 Å². The highest BCUT2D eigenvalue weighted by atomic mass is 35.5. The number of aromatic amines is 3. The molecule has 106 heavy (non-hydrogen) atoms. The predicted molar refractivity (Wildman–Crippen MR) is 407 cm³/mol. The first-order valence-electron chi connectivity index (χ1n) is 35.4. The number of nitrogens with one attached hydrogen (secondary N) is 3. The zero-order valence-electron chi connectivity index (χ0n) is 58.8. The van der Waals surface area contributed by atoms with Crippen LogP contribution < -0.4 is 14.2 Å². The van der Waals surface area contributed by atoms with Gasteiger partial charge in [0.1, 0.15) is 48.0 Å². The Bertz CT molecular complexity index is 5040. The van der Waals surface area contributed by atoms with Gasteiger partial charge in [0, 0.05) is 135 Å². The molecule has 6 aromatic heterocycles. The van der Waals surface area contributed by atoms with Crippen LogP contribution in [0.1, 0.15) is 108 Å². The fraction of sp³-hybridized carbons (Fsp3) is 0.296. The van der Waals surface area contributed by atoms with Crippen LogP contribution in [0, 0.1) is 24.2 Å². The van der Waals surface area contributed by atoms with E-state index < -0.39 is 12.2 Å². The Hall–Kier alpha value is -11.3. The monoisotopic (exact) mass is 1480 g/mol. The maximum absolute atomic E-state index is 13.0. The summed E-state index contributed by atoms with van der Waals surface area (Å²) < 4.78 is 39.9. The molecule has 25 heteroatoms. The summed E-state index contributed by atoms with van der Waals surface area (Å²) in [5.74, 6) is 10.3. The molecule has 0 saturated carbocycles. The number of carbonyl (C=O) groups excluding carboxylic acids is 3. The molecule has 15 rings (SSSR count). The first kappa shape index (κ1) is 73.0. The summed E-state index contributed by atoms with van der Waals surface area (Å²) in [4.78, 5) is 66.9. The number of hydrogen-bond acceptors (Lipinski definition) is 13. The topological polar surface area (TPSA) is 230 Å². The number of fused-ring (bicyclic) bond motifs is 9. The van der Waals surface area contributed by atoms with Crippen LogP contribution in [0.15, 0.2) is 177 Å². The summed E-state index contributed by atoms with van der Waals surface area (Å²) in [6, 6.07) is 40.3. The molecule has 6 aromatic carbocycles. The van der Waals surface area contributed by atoms with Gasteiger partial charge in [0.25, 0.3) is 0 Å². The highest BCUT2D eigenvalue weighted by Crippen LogP contribution is 2.44. The maximum atomic E-state index is 13.0. The molecule has 3 unspecified atom stereocenters. The number of aryl methyl sites for hydroxylation is 3. The van der Waals surface area contributed by atoms with E-state index in [9.17, 15) is 14.4 Å². The molecular formula is C81H80Cl3N13O9. The number of nitrogens with zero attached hydrogens (tertiary/aromatic N) is 10. The van der Waals surface area contributed by atoms with Gasteiger partial charge >= 0.3 is 18.3 Å². The van der Waals surface area contributed by atoms with E-state index in [1.54, 1.807) is 46.5 Å². The van der Waals surface area contributed by atoms with Gasteiger partial charge in [-0.1, -0.05) is 90.0 Å². The molecule has 0 bridgehead atoms. The van der Waals surface area contributed by atoms with Crippen molar-refractivity contribution in [2.45, 2.75) is 96.6 Å². The molecule has 3 aliphatic heterocycles. The van der Waals surface area contributed by atoms with Gasteiger partial charge in [-0.3, -0.25) is 19.4 Å². The van der Waals surface area contributed by atoms with Gasteiger partial charge in [0.2, 0.25) is 0 Å². The molecule has 544 valence electrons. The van der Waals surface area contributed by atoms with Crippen LogP contribution >= 0.6 is 34.8 Å². The Balaban J connectivity index is 0.000000141. The van der Waals surface area contributed by atoms with Crippen LogP contribution in [0.3, 0.4) is 0 Å². The molecule has 3 aliphatic rings. The normalized spacial score (nSPS) is 15.0. The van der Waals surface area contributed by atoms with Crippen molar-refractivity contribution in [3.05, 3.63) is 243 Å². The van der Waals surface area contributed by atoms with E-state index in [2.05, 4.69) is 52.8 Å². The van der Waals surface area contributed by atoms with Gasteiger partial charge in [0.05, 0.1) is 39.1 Å². The second-order valence-corrected chi connectivity index (χ2v) is 26.9. The number of benzene rings is 6. The lowest BCUT2D eigenvalue weighted by Crippen LogP contribution is -2.41. The highest BCUT2D eigenvalue weighted by molar-refractivity contribution is 6.32. The quantitative estimate of drug-likeness (QED) is 0.0326. The summed E-state index contributed by atoms with van der Waals surface area (Å²) in [5, 5.41) is 9.44. The van der Waals surface area contributed by atoms with E-state index >= 15 is 0 Å². The van der Waals surface area contributed by atoms with E-state index in [1.165, 1.54) is 17.5 Å². The van der Waals surface area contributed by atoms with Crippen molar-refractivity contribution in [2.24, 2.45) is 0 Å². The van der Waals surface area contributed by atoms with Crippen LogP contribution in [-0.4, -0.2) is 141 Å². The van der Waals surface area contributed by atoms with Crippen molar-refractivity contribution >= 4 is 85.8 Å². The molecule has 22 nitrogen and oxygen atoms in total. The number of carbonyl (C=O) groups is 3. The average molecular weight is 1490 g/mol. The van der Waals surface area contributed by atoms with Gasteiger partial charge in [-0.05, 0) is 170 Å². The summed E-state index contributed by atoms with van der Waals surface area (Å²) in [7, 11) is 0. The average Bonchev–Trinajstić information content (AvgIpc) is 1.43. The Kier molecular flexibility index (Phi) is 24.1. The Morgan fingerprint density at radius 2 is 0.896 bits per heavy atom. The van der Waals surface area contributed by atoms with Crippen LogP contribution in [0.5, 0.6) is 17.2 Å².